The van der Waals surface area contributed by atoms with Gasteiger partial charge in [-0.3, -0.25) is 0 Å². The first-order chi connectivity index (χ1) is 31.4. The Morgan fingerprint density at radius 1 is 0.708 bits per heavy atom. The van der Waals surface area contributed by atoms with E-state index < -0.39 is 76.0 Å². The Bertz CT molecular complexity index is 2020. The van der Waals surface area contributed by atoms with Crippen LogP contribution in [0.25, 0.3) is 0 Å². The number of aliphatic hydroxyl groups is 1. The van der Waals surface area contributed by atoms with Gasteiger partial charge in [0, 0.05) is 5.56 Å². The Kier molecular flexibility index (Phi) is 17.2. The standard InChI is InChI=1S/C52H68O12Si/c1-9-29-55-47-45-41(33-59-49(63-45)39-23-17-12-18-24-39)62-51(48(47)57-31-38-25-27-40(54-6)28-26-38)64-44-42(34-60-65(7,8)52(4,5)35(2)3)61-50(58-32-37-21-15-11-16-22-37)43(53)46(44)56-30-36-19-13-10-14-20-36/h9-28,35,41-51,53H,1,29-34H2,2-8H3/t41-,42-,43-,44-,45+,46-,47+,48-,49+,50-,51+/m1/s1. The molecule has 65 heavy (non-hydrogen) atoms. The lowest BCUT2D eigenvalue weighted by Gasteiger charge is -2.51. The van der Waals surface area contributed by atoms with Gasteiger partial charge in [-0.15, -0.1) is 6.58 Å². The maximum Gasteiger partial charge on any atom is 0.192 e. The van der Waals surface area contributed by atoms with Gasteiger partial charge in [-0.25, -0.2) is 0 Å². The molecule has 3 heterocycles. The van der Waals surface area contributed by atoms with Gasteiger partial charge in [0.2, 0.25) is 0 Å². The first kappa shape index (κ1) is 49.1. The smallest absolute Gasteiger partial charge is 0.192 e. The molecule has 3 fully saturated rings. The number of benzene rings is 4. The lowest BCUT2D eigenvalue weighted by atomic mass is 9.95. The molecule has 4 aromatic carbocycles. The minimum Gasteiger partial charge on any atom is -0.497 e. The summed E-state index contributed by atoms with van der Waals surface area (Å²) >= 11 is 0. The van der Waals surface area contributed by atoms with Crippen molar-refractivity contribution in [3.8, 4) is 5.75 Å². The minimum atomic E-state index is -2.42. The Labute approximate surface area is 386 Å². The third-order valence-corrected chi connectivity index (χ3v) is 18.0. The van der Waals surface area contributed by atoms with Crippen LogP contribution in [0.2, 0.25) is 18.1 Å². The molecule has 3 saturated heterocycles. The van der Waals surface area contributed by atoms with Crippen molar-refractivity contribution in [2.45, 2.75) is 133 Å². The fourth-order valence-corrected chi connectivity index (χ4v) is 10.6. The van der Waals surface area contributed by atoms with Gasteiger partial charge in [-0.1, -0.05) is 137 Å². The van der Waals surface area contributed by atoms with Gasteiger partial charge in [-0.2, -0.15) is 0 Å². The average molecular weight is 913 g/mol. The number of methoxy groups -OCH3 is 1. The van der Waals surface area contributed by atoms with Gasteiger partial charge < -0.3 is 56.9 Å². The van der Waals surface area contributed by atoms with Crippen LogP contribution < -0.4 is 4.74 Å². The molecule has 1 N–H and O–H groups in total. The van der Waals surface area contributed by atoms with Crippen molar-refractivity contribution in [1.82, 2.24) is 0 Å². The van der Waals surface area contributed by atoms with E-state index in [4.69, 9.17) is 51.8 Å². The molecule has 3 aliphatic rings. The molecule has 0 unspecified atom stereocenters. The number of fused-ring (bicyclic) bond motifs is 1. The Balaban J connectivity index is 1.25. The molecule has 0 aromatic heterocycles. The van der Waals surface area contributed by atoms with Gasteiger partial charge >= 0.3 is 0 Å². The summed E-state index contributed by atoms with van der Waals surface area (Å²) in [5, 5.41) is 12.2. The van der Waals surface area contributed by atoms with E-state index in [-0.39, 0.29) is 44.7 Å². The number of rotatable bonds is 21. The van der Waals surface area contributed by atoms with Gasteiger partial charge in [-0.05, 0) is 52.9 Å². The Morgan fingerprint density at radius 2 is 1.29 bits per heavy atom. The van der Waals surface area contributed by atoms with Gasteiger partial charge in [0.1, 0.15) is 54.6 Å². The van der Waals surface area contributed by atoms with Gasteiger partial charge in [0.15, 0.2) is 27.2 Å². The van der Waals surface area contributed by atoms with Crippen LogP contribution in [0.15, 0.2) is 128 Å². The summed E-state index contributed by atoms with van der Waals surface area (Å²) in [5.74, 6) is 1.09. The quantitative estimate of drug-likeness (QED) is 0.0635. The maximum atomic E-state index is 12.3. The predicted molar refractivity (Wildman–Crippen MR) is 248 cm³/mol. The fourth-order valence-electron chi connectivity index (χ4n) is 8.26. The third-order valence-electron chi connectivity index (χ3n) is 13.4. The molecular weight excluding hydrogens is 845 g/mol. The lowest BCUT2D eigenvalue weighted by Crippen LogP contribution is -2.67. The highest BCUT2D eigenvalue weighted by atomic mass is 28.4. The van der Waals surface area contributed by atoms with Crippen LogP contribution in [0.4, 0.5) is 0 Å². The molecule has 0 spiro atoms. The van der Waals surface area contributed by atoms with Crippen LogP contribution in [0, 0.1) is 5.92 Å². The second-order valence-electron chi connectivity index (χ2n) is 18.3. The van der Waals surface area contributed by atoms with Crippen molar-refractivity contribution >= 4 is 8.32 Å². The van der Waals surface area contributed by atoms with E-state index in [1.165, 1.54) is 0 Å². The SMILES string of the molecule is C=CCO[C@H]1[C@H]2O[C@@H](c3ccccc3)OC[C@H]2O[C@@H](O[C@H]2[C@H](OCc3ccccc3)[C@@H](O)[C@H](OCc3ccccc3)O[C@@H]2CO[Si](C)(C)C(C)(C)C(C)C)[C@@H]1OCc1ccc(OC)cc1. The van der Waals surface area contributed by atoms with Crippen LogP contribution in [0.3, 0.4) is 0 Å². The van der Waals surface area contributed by atoms with Gasteiger partial charge in [0.25, 0.3) is 0 Å². The molecular formula is C52H68O12Si. The summed E-state index contributed by atoms with van der Waals surface area (Å²) in [6.45, 7) is 18.5. The zero-order valence-corrected chi connectivity index (χ0v) is 39.9. The normalized spacial score (nSPS) is 28.4. The highest BCUT2D eigenvalue weighted by Crippen LogP contribution is 2.45. The molecule has 0 aliphatic carbocycles. The number of ether oxygens (including phenoxy) is 10. The van der Waals surface area contributed by atoms with E-state index in [0.29, 0.717) is 5.92 Å². The molecule has 0 radical (unpaired) electrons. The van der Waals surface area contributed by atoms with E-state index in [0.717, 1.165) is 28.0 Å². The molecule has 11 atom stereocenters. The molecule has 352 valence electrons. The lowest BCUT2D eigenvalue weighted by molar-refractivity contribution is -0.394. The average Bonchev–Trinajstić information content (AvgIpc) is 3.32. The summed E-state index contributed by atoms with van der Waals surface area (Å²) in [5.41, 5.74) is 3.62. The number of aliphatic hydroxyl groups excluding tert-OH is 1. The van der Waals surface area contributed by atoms with Crippen LogP contribution in [0.5, 0.6) is 5.75 Å². The number of hydrogen-bond acceptors (Lipinski definition) is 12. The fraction of sp³-hybridized carbons (Fsp3) is 0.500. The highest BCUT2D eigenvalue weighted by Gasteiger charge is 2.56. The molecule has 3 aliphatic heterocycles. The van der Waals surface area contributed by atoms with Crippen molar-refractivity contribution in [2.24, 2.45) is 5.92 Å². The van der Waals surface area contributed by atoms with Crippen LogP contribution in [-0.2, 0) is 66.9 Å². The molecule has 0 amide bonds. The second kappa shape index (κ2) is 22.8. The second-order valence-corrected chi connectivity index (χ2v) is 22.9. The predicted octanol–water partition coefficient (Wildman–Crippen LogP) is 8.92. The summed E-state index contributed by atoms with van der Waals surface area (Å²) < 4.78 is 73.0. The van der Waals surface area contributed by atoms with Crippen LogP contribution in [-0.4, -0.2) is 102 Å². The maximum absolute atomic E-state index is 12.3. The summed E-state index contributed by atoms with van der Waals surface area (Å²) in [6.07, 6.45) is -7.93. The molecule has 4 aromatic rings. The van der Waals surface area contributed by atoms with Crippen molar-refractivity contribution in [2.75, 3.05) is 26.9 Å². The molecule has 0 bridgehead atoms. The Hall–Kier alpha value is -3.80. The monoisotopic (exact) mass is 912 g/mol. The third kappa shape index (κ3) is 12.2. The first-order valence-corrected chi connectivity index (χ1v) is 25.7. The first-order valence-electron chi connectivity index (χ1n) is 22.8. The van der Waals surface area contributed by atoms with Crippen LogP contribution in [0.1, 0.15) is 56.2 Å². The summed E-state index contributed by atoms with van der Waals surface area (Å²) in [7, 11) is -0.791. The van der Waals surface area contributed by atoms with E-state index in [1.807, 2.05) is 115 Å². The van der Waals surface area contributed by atoms with Crippen molar-refractivity contribution in [3.05, 3.63) is 150 Å². The van der Waals surface area contributed by atoms with E-state index >= 15 is 0 Å². The highest BCUT2D eigenvalue weighted by molar-refractivity contribution is 6.74. The molecule has 13 heteroatoms. The van der Waals surface area contributed by atoms with Crippen molar-refractivity contribution < 1.29 is 56.9 Å². The summed E-state index contributed by atoms with van der Waals surface area (Å²) in [6, 6.07) is 37.1. The van der Waals surface area contributed by atoms with E-state index in [2.05, 4.69) is 47.4 Å². The zero-order valence-electron chi connectivity index (χ0n) is 38.9. The van der Waals surface area contributed by atoms with Gasteiger partial charge in [0.05, 0.1) is 46.8 Å². The molecule has 7 rings (SSSR count). The van der Waals surface area contributed by atoms with E-state index in [9.17, 15) is 5.11 Å². The van der Waals surface area contributed by atoms with Crippen LogP contribution >= 0.6 is 0 Å². The largest absolute Gasteiger partial charge is 0.497 e. The van der Waals surface area contributed by atoms with E-state index in [1.54, 1.807) is 13.2 Å². The number of hydrogen-bond donors (Lipinski definition) is 1. The zero-order chi connectivity index (χ0) is 46.0. The molecule has 0 saturated carbocycles. The summed E-state index contributed by atoms with van der Waals surface area (Å²) in [4.78, 5) is 0. The minimum absolute atomic E-state index is 0.0971. The van der Waals surface area contributed by atoms with Crippen molar-refractivity contribution in [3.63, 3.8) is 0 Å². The van der Waals surface area contributed by atoms with Crippen molar-refractivity contribution in [1.29, 1.82) is 0 Å². The molecule has 12 nitrogen and oxygen atoms in total. The Morgan fingerprint density at radius 3 is 1.89 bits per heavy atom. The topological polar surface area (TPSA) is 122 Å².